The number of hydrazone groups is 1. The first-order chi connectivity index (χ1) is 12.5. The van der Waals surface area contributed by atoms with Crippen LogP contribution >= 0.6 is 27.5 Å². The van der Waals surface area contributed by atoms with Crippen LogP contribution < -0.4 is 10.7 Å². The van der Waals surface area contributed by atoms with Crippen molar-refractivity contribution in [3.05, 3.63) is 69.2 Å². The van der Waals surface area contributed by atoms with E-state index in [1.807, 2.05) is 31.2 Å². The van der Waals surface area contributed by atoms with Crippen molar-refractivity contribution >= 4 is 45.1 Å². The van der Waals surface area contributed by atoms with Gasteiger partial charge in [0.15, 0.2) is 0 Å². The van der Waals surface area contributed by atoms with E-state index >= 15 is 0 Å². The molecule has 0 saturated heterocycles. The number of halogens is 2. The minimum atomic E-state index is -0.250. The first kappa shape index (κ1) is 20.1. The van der Waals surface area contributed by atoms with E-state index in [9.17, 15) is 9.59 Å². The summed E-state index contributed by atoms with van der Waals surface area (Å²) in [6.07, 6.45) is 0.773. The average molecular weight is 437 g/mol. The monoisotopic (exact) mass is 435 g/mol. The summed E-state index contributed by atoms with van der Waals surface area (Å²) in [5, 5.41) is 7.24. The minimum absolute atomic E-state index is 0.201. The molecule has 0 heterocycles. The van der Waals surface area contributed by atoms with Crippen molar-refractivity contribution in [1.29, 1.82) is 0 Å². The van der Waals surface area contributed by atoms with E-state index in [0.29, 0.717) is 23.6 Å². The summed E-state index contributed by atoms with van der Waals surface area (Å²) < 4.78 is 0.983. The normalized spacial score (nSPS) is 11.1. The molecular formula is C19H19BrClN3O2. The Balaban J connectivity index is 1.72. The molecule has 2 amide bonds. The summed E-state index contributed by atoms with van der Waals surface area (Å²) in [5.41, 5.74) is 4.60. The first-order valence-electron chi connectivity index (χ1n) is 8.09. The van der Waals surface area contributed by atoms with Gasteiger partial charge in [0.05, 0.1) is 16.3 Å². The molecule has 7 heteroatoms. The zero-order chi connectivity index (χ0) is 18.9. The van der Waals surface area contributed by atoms with E-state index in [2.05, 4.69) is 31.8 Å². The third kappa shape index (κ3) is 6.28. The first-order valence-corrected chi connectivity index (χ1v) is 9.26. The molecule has 2 aromatic rings. The van der Waals surface area contributed by atoms with E-state index in [4.69, 9.17) is 11.6 Å². The van der Waals surface area contributed by atoms with E-state index < -0.39 is 0 Å². The summed E-state index contributed by atoms with van der Waals surface area (Å²) in [7, 11) is 0. The number of amides is 2. The Morgan fingerprint density at radius 3 is 2.50 bits per heavy atom. The van der Waals surface area contributed by atoms with E-state index in [0.717, 1.165) is 15.7 Å². The van der Waals surface area contributed by atoms with Crippen LogP contribution in [0.15, 0.2) is 58.1 Å². The second-order valence-electron chi connectivity index (χ2n) is 5.58. The van der Waals surface area contributed by atoms with Crippen LogP contribution in [0.5, 0.6) is 0 Å². The lowest BCUT2D eigenvalue weighted by Gasteiger charge is -2.06. The van der Waals surface area contributed by atoms with Gasteiger partial charge >= 0.3 is 0 Å². The fraction of sp³-hybridized carbons (Fsp3) is 0.211. The number of hydrogen-bond acceptors (Lipinski definition) is 3. The van der Waals surface area contributed by atoms with Crippen molar-refractivity contribution in [2.75, 3.05) is 6.54 Å². The van der Waals surface area contributed by atoms with Crippen molar-refractivity contribution in [1.82, 2.24) is 10.7 Å². The second-order valence-corrected chi connectivity index (χ2v) is 6.90. The molecule has 0 radical (unpaired) electrons. The highest BCUT2D eigenvalue weighted by Gasteiger charge is 2.09. The van der Waals surface area contributed by atoms with Gasteiger partial charge in [-0.05, 0) is 43.2 Å². The Morgan fingerprint density at radius 1 is 1.12 bits per heavy atom. The summed E-state index contributed by atoms with van der Waals surface area (Å²) in [5.74, 6) is -0.450. The summed E-state index contributed by atoms with van der Waals surface area (Å²) in [4.78, 5) is 23.8. The highest BCUT2D eigenvalue weighted by atomic mass is 79.9. The Labute approximate surface area is 166 Å². The van der Waals surface area contributed by atoms with Crippen LogP contribution in [0.3, 0.4) is 0 Å². The van der Waals surface area contributed by atoms with Crippen LogP contribution in [0.2, 0.25) is 5.02 Å². The second kappa shape index (κ2) is 10.1. The Kier molecular flexibility index (Phi) is 7.81. The Hall–Kier alpha value is -2.18. The zero-order valence-electron chi connectivity index (χ0n) is 14.3. The number of nitrogens with zero attached hydrogens (tertiary/aromatic N) is 1. The molecule has 0 atom stereocenters. The highest BCUT2D eigenvalue weighted by molar-refractivity contribution is 9.10. The number of nitrogens with one attached hydrogen (secondary N) is 2. The number of carbonyl (C=O) groups is 2. The van der Waals surface area contributed by atoms with Crippen molar-refractivity contribution < 1.29 is 9.59 Å². The van der Waals surface area contributed by atoms with Crippen LogP contribution in [-0.2, 0) is 4.79 Å². The molecule has 2 N–H and O–H groups in total. The van der Waals surface area contributed by atoms with E-state index in [-0.39, 0.29) is 18.2 Å². The van der Waals surface area contributed by atoms with Crippen molar-refractivity contribution in [2.45, 2.75) is 19.8 Å². The fourth-order valence-electron chi connectivity index (χ4n) is 2.15. The SMILES string of the molecule is C/C(=N\NC(=O)CCCNC(=O)c1ccccc1Cl)c1ccc(Br)cc1. The number of rotatable bonds is 7. The van der Waals surface area contributed by atoms with Gasteiger partial charge in [-0.3, -0.25) is 9.59 Å². The number of carbonyl (C=O) groups excluding carboxylic acids is 2. The molecule has 0 spiro atoms. The topological polar surface area (TPSA) is 70.6 Å². The molecule has 136 valence electrons. The van der Waals surface area contributed by atoms with Crippen LogP contribution in [0.4, 0.5) is 0 Å². The van der Waals surface area contributed by atoms with Gasteiger partial charge in [-0.2, -0.15) is 5.10 Å². The van der Waals surface area contributed by atoms with Gasteiger partial charge in [-0.1, -0.05) is 51.8 Å². The smallest absolute Gasteiger partial charge is 0.252 e. The predicted octanol–water partition coefficient (Wildman–Crippen LogP) is 4.15. The van der Waals surface area contributed by atoms with Crippen LogP contribution in [0, 0.1) is 0 Å². The number of hydrogen-bond donors (Lipinski definition) is 2. The summed E-state index contributed by atoms with van der Waals surface area (Å²) in [6, 6.07) is 14.5. The standard InChI is InChI=1S/C19H19BrClN3O2/c1-13(14-8-10-15(20)11-9-14)23-24-18(25)7-4-12-22-19(26)16-5-2-3-6-17(16)21/h2-3,5-6,8-11H,4,7,12H2,1H3,(H,22,26)(H,24,25)/b23-13+. The molecule has 0 saturated carbocycles. The molecular weight excluding hydrogens is 418 g/mol. The molecule has 0 aliphatic carbocycles. The molecule has 0 aromatic heterocycles. The van der Waals surface area contributed by atoms with Gasteiger partial charge in [0, 0.05) is 17.4 Å². The lowest BCUT2D eigenvalue weighted by molar-refractivity contribution is -0.121. The lowest BCUT2D eigenvalue weighted by Crippen LogP contribution is -2.26. The molecule has 0 aliphatic rings. The lowest BCUT2D eigenvalue weighted by atomic mass is 10.1. The fourth-order valence-corrected chi connectivity index (χ4v) is 2.64. The molecule has 26 heavy (non-hydrogen) atoms. The quantitative estimate of drug-likeness (QED) is 0.389. The maximum absolute atomic E-state index is 12.0. The van der Waals surface area contributed by atoms with Crippen molar-refractivity contribution in [3.8, 4) is 0 Å². The molecule has 2 aromatic carbocycles. The van der Waals surface area contributed by atoms with Crippen LogP contribution in [0.25, 0.3) is 0 Å². The summed E-state index contributed by atoms with van der Waals surface area (Å²) in [6.45, 7) is 2.21. The van der Waals surface area contributed by atoms with Crippen LogP contribution in [0.1, 0.15) is 35.7 Å². The molecule has 5 nitrogen and oxygen atoms in total. The van der Waals surface area contributed by atoms with Crippen LogP contribution in [-0.4, -0.2) is 24.1 Å². The van der Waals surface area contributed by atoms with E-state index in [1.165, 1.54) is 0 Å². The zero-order valence-corrected chi connectivity index (χ0v) is 16.6. The average Bonchev–Trinajstić information content (AvgIpc) is 2.64. The van der Waals surface area contributed by atoms with Gasteiger partial charge in [0.2, 0.25) is 5.91 Å². The van der Waals surface area contributed by atoms with Gasteiger partial charge in [-0.15, -0.1) is 0 Å². The molecule has 0 bridgehead atoms. The van der Waals surface area contributed by atoms with Crippen molar-refractivity contribution in [3.63, 3.8) is 0 Å². The van der Waals surface area contributed by atoms with E-state index in [1.54, 1.807) is 24.3 Å². The third-order valence-corrected chi connectivity index (χ3v) is 4.45. The molecule has 2 rings (SSSR count). The summed E-state index contributed by atoms with van der Waals surface area (Å²) >= 11 is 9.34. The van der Waals surface area contributed by atoms with Gasteiger partial charge in [-0.25, -0.2) is 5.43 Å². The van der Waals surface area contributed by atoms with Gasteiger partial charge in [0.1, 0.15) is 0 Å². The molecule has 0 fully saturated rings. The maximum atomic E-state index is 12.0. The Morgan fingerprint density at radius 2 is 1.81 bits per heavy atom. The van der Waals surface area contributed by atoms with Gasteiger partial charge in [0.25, 0.3) is 5.91 Å². The third-order valence-electron chi connectivity index (χ3n) is 3.59. The molecule has 0 aliphatic heterocycles. The van der Waals surface area contributed by atoms with Gasteiger partial charge < -0.3 is 5.32 Å². The van der Waals surface area contributed by atoms with Crippen molar-refractivity contribution in [2.24, 2.45) is 5.10 Å². The highest BCUT2D eigenvalue weighted by Crippen LogP contribution is 2.14. The maximum Gasteiger partial charge on any atom is 0.252 e. The minimum Gasteiger partial charge on any atom is -0.352 e. The molecule has 0 unspecified atom stereocenters. The predicted molar refractivity (Wildman–Crippen MR) is 108 cm³/mol. The number of benzene rings is 2. The largest absolute Gasteiger partial charge is 0.352 e. The Bertz CT molecular complexity index is 807.